The molecule has 0 amide bonds. The summed E-state index contributed by atoms with van der Waals surface area (Å²) >= 11 is 0. The summed E-state index contributed by atoms with van der Waals surface area (Å²) in [6.07, 6.45) is 2.86. The molecule has 0 N–H and O–H groups in total. The fourth-order valence-electron chi connectivity index (χ4n) is 4.13. The molecule has 0 radical (unpaired) electrons. The van der Waals surface area contributed by atoms with E-state index in [1.165, 1.54) is 12.1 Å². The van der Waals surface area contributed by atoms with E-state index >= 15 is 0 Å². The van der Waals surface area contributed by atoms with Crippen LogP contribution in [0.2, 0.25) is 0 Å². The average Bonchev–Trinajstić information content (AvgIpc) is 3.33. The third-order valence-corrected chi connectivity index (χ3v) is 5.90. The maximum absolute atomic E-state index is 13.4. The number of benzene rings is 1. The first-order valence-corrected chi connectivity index (χ1v) is 9.50. The van der Waals surface area contributed by atoms with Crippen LogP contribution in [0.4, 0.5) is 4.39 Å². The lowest BCUT2D eigenvalue weighted by Crippen LogP contribution is -2.38. The third-order valence-electron chi connectivity index (χ3n) is 5.90. The van der Waals surface area contributed by atoms with Gasteiger partial charge < -0.3 is 14.2 Å². The summed E-state index contributed by atoms with van der Waals surface area (Å²) in [5, 5.41) is 4.33. The largest absolute Gasteiger partial charge is 0.380 e. The molecule has 1 aromatic carbocycles. The smallest absolute Gasteiger partial charge is 0.229 e. The SMILES string of the molecule is CC(C)N1CCC(c2nc([C@@]3(c4ccc(F)cc4)CCOC3)no2)CC1. The highest BCUT2D eigenvalue weighted by atomic mass is 19.1. The summed E-state index contributed by atoms with van der Waals surface area (Å²) in [5.74, 6) is 1.48. The summed E-state index contributed by atoms with van der Waals surface area (Å²) in [4.78, 5) is 7.27. The van der Waals surface area contributed by atoms with Gasteiger partial charge in [-0.15, -0.1) is 0 Å². The van der Waals surface area contributed by atoms with Gasteiger partial charge in [-0.1, -0.05) is 17.3 Å². The van der Waals surface area contributed by atoms with Crippen molar-refractivity contribution in [2.75, 3.05) is 26.3 Å². The number of hydrogen-bond acceptors (Lipinski definition) is 5. The number of hydrogen-bond donors (Lipinski definition) is 0. The van der Waals surface area contributed by atoms with Crippen LogP contribution >= 0.6 is 0 Å². The van der Waals surface area contributed by atoms with Gasteiger partial charge >= 0.3 is 0 Å². The number of rotatable bonds is 4. The predicted molar refractivity (Wildman–Crippen MR) is 95.6 cm³/mol. The number of nitrogens with zero attached hydrogens (tertiary/aromatic N) is 3. The van der Waals surface area contributed by atoms with Crippen LogP contribution in [-0.2, 0) is 10.2 Å². The Balaban J connectivity index is 1.57. The van der Waals surface area contributed by atoms with Gasteiger partial charge in [-0.25, -0.2) is 4.39 Å². The second-order valence-electron chi connectivity index (χ2n) is 7.75. The van der Waals surface area contributed by atoms with Crippen LogP contribution in [0, 0.1) is 5.82 Å². The van der Waals surface area contributed by atoms with E-state index in [1.54, 1.807) is 12.1 Å². The van der Waals surface area contributed by atoms with Crippen molar-refractivity contribution >= 4 is 0 Å². The monoisotopic (exact) mass is 359 g/mol. The van der Waals surface area contributed by atoms with Crippen molar-refractivity contribution in [1.29, 1.82) is 0 Å². The summed E-state index contributed by atoms with van der Waals surface area (Å²) in [6, 6.07) is 7.16. The van der Waals surface area contributed by atoms with E-state index in [4.69, 9.17) is 14.2 Å². The Labute approximate surface area is 153 Å². The zero-order valence-corrected chi connectivity index (χ0v) is 15.4. The van der Waals surface area contributed by atoms with E-state index in [1.807, 2.05) is 0 Å². The molecule has 0 spiro atoms. The first-order valence-electron chi connectivity index (χ1n) is 9.50. The van der Waals surface area contributed by atoms with Gasteiger partial charge in [-0.2, -0.15) is 4.98 Å². The Morgan fingerprint density at radius 1 is 1.19 bits per heavy atom. The van der Waals surface area contributed by atoms with Crippen LogP contribution in [-0.4, -0.2) is 47.4 Å². The van der Waals surface area contributed by atoms with Gasteiger partial charge in [0.05, 0.1) is 12.0 Å². The zero-order valence-electron chi connectivity index (χ0n) is 15.4. The maximum atomic E-state index is 13.4. The molecule has 5 nitrogen and oxygen atoms in total. The van der Waals surface area contributed by atoms with Gasteiger partial charge in [0.2, 0.25) is 5.89 Å². The standard InChI is InChI=1S/C20H26FN3O2/c1-14(2)24-10-7-15(8-11-24)18-22-19(23-26-18)20(9-12-25-13-20)16-3-5-17(21)6-4-16/h3-6,14-15H,7-13H2,1-2H3/t20-/m0/s1. The molecule has 0 saturated carbocycles. The molecule has 2 fully saturated rings. The average molecular weight is 359 g/mol. The molecule has 3 heterocycles. The number of piperidine rings is 1. The Hall–Kier alpha value is -1.79. The number of ether oxygens (including phenoxy) is 1. The van der Waals surface area contributed by atoms with Crippen LogP contribution in [0.3, 0.4) is 0 Å². The molecule has 0 unspecified atom stereocenters. The topological polar surface area (TPSA) is 51.4 Å². The molecular formula is C20H26FN3O2. The van der Waals surface area contributed by atoms with Gasteiger partial charge in [0, 0.05) is 18.6 Å². The molecule has 0 bridgehead atoms. The summed E-state index contributed by atoms with van der Waals surface area (Å²) in [6.45, 7) is 7.74. The molecule has 2 aliphatic heterocycles. The molecule has 2 saturated heterocycles. The quantitative estimate of drug-likeness (QED) is 0.836. The fourth-order valence-corrected chi connectivity index (χ4v) is 4.13. The van der Waals surface area contributed by atoms with Crippen molar-refractivity contribution in [3.05, 3.63) is 47.4 Å². The molecule has 1 aromatic heterocycles. The normalized spacial score (nSPS) is 25.2. The van der Waals surface area contributed by atoms with E-state index in [-0.39, 0.29) is 5.82 Å². The van der Waals surface area contributed by atoms with Gasteiger partial charge in [0.15, 0.2) is 5.82 Å². The van der Waals surface area contributed by atoms with Gasteiger partial charge in [-0.3, -0.25) is 0 Å². The van der Waals surface area contributed by atoms with E-state index in [0.29, 0.717) is 31.0 Å². The van der Waals surface area contributed by atoms with Crippen molar-refractivity contribution in [2.45, 2.75) is 50.5 Å². The van der Waals surface area contributed by atoms with E-state index < -0.39 is 5.41 Å². The van der Waals surface area contributed by atoms with Crippen molar-refractivity contribution in [3.63, 3.8) is 0 Å². The van der Waals surface area contributed by atoms with Crippen molar-refractivity contribution in [3.8, 4) is 0 Å². The second-order valence-corrected chi connectivity index (χ2v) is 7.75. The minimum atomic E-state index is -0.436. The van der Waals surface area contributed by atoms with Crippen LogP contribution in [0.1, 0.15) is 56.3 Å². The highest BCUT2D eigenvalue weighted by molar-refractivity contribution is 5.34. The third kappa shape index (κ3) is 3.16. The Bertz CT molecular complexity index is 730. The number of halogens is 1. The van der Waals surface area contributed by atoms with Gasteiger partial charge in [0.1, 0.15) is 5.82 Å². The van der Waals surface area contributed by atoms with Gasteiger partial charge in [0.25, 0.3) is 0 Å². The minimum Gasteiger partial charge on any atom is -0.380 e. The lowest BCUT2D eigenvalue weighted by atomic mass is 9.79. The van der Waals surface area contributed by atoms with Crippen LogP contribution in [0.15, 0.2) is 28.8 Å². The van der Waals surface area contributed by atoms with Crippen molar-refractivity contribution < 1.29 is 13.7 Å². The molecule has 140 valence electrons. The van der Waals surface area contributed by atoms with E-state index in [9.17, 15) is 4.39 Å². The molecule has 6 heteroatoms. The molecule has 26 heavy (non-hydrogen) atoms. The number of likely N-dealkylation sites (tertiary alicyclic amines) is 1. The maximum Gasteiger partial charge on any atom is 0.229 e. The minimum absolute atomic E-state index is 0.242. The first kappa shape index (κ1) is 17.6. The second kappa shape index (κ2) is 7.08. The van der Waals surface area contributed by atoms with Crippen molar-refractivity contribution in [2.24, 2.45) is 0 Å². The van der Waals surface area contributed by atoms with E-state index in [2.05, 4.69) is 23.9 Å². The Morgan fingerprint density at radius 3 is 2.54 bits per heavy atom. The molecule has 2 aliphatic rings. The van der Waals surface area contributed by atoms with E-state index in [0.717, 1.165) is 43.8 Å². The highest BCUT2D eigenvalue weighted by Gasteiger charge is 2.43. The van der Waals surface area contributed by atoms with Crippen LogP contribution in [0.25, 0.3) is 0 Å². The Kier molecular flexibility index (Phi) is 4.80. The summed E-state index contributed by atoms with van der Waals surface area (Å²) in [7, 11) is 0. The Morgan fingerprint density at radius 2 is 1.92 bits per heavy atom. The zero-order chi connectivity index (χ0) is 18.1. The summed E-state index contributed by atoms with van der Waals surface area (Å²) < 4.78 is 24.7. The predicted octanol–water partition coefficient (Wildman–Crippen LogP) is 3.50. The summed E-state index contributed by atoms with van der Waals surface area (Å²) in [5.41, 5.74) is 0.548. The van der Waals surface area contributed by atoms with Crippen LogP contribution < -0.4 is 0 Å². The first-order chi connectivity index (χ1) is 12.6. The molecule has 0 aliphatic carbocycles. The lowest BCUT2D eigenvalue weighted by Gasteiger charge is -2.33. The van der Waals surface area contributed by atoms with Gasteiger partial charge in [-0.05, 0) is 63.9 Å². The molecule has 4 rings (SSSR count). The lowest BCUT2D eigenvalue weighted by molar-refractivity contribution is 0.159. The van der Waals surface area contributed by atoms with Crippen LogP contribution in [0.5, 0.6) is 0 Å². The number of aromatic nitrogens is 2. The molecular weight excluding hydrogens is 333 g/mol. The fraction of sp³-hybridized carbons (Fsp3) is 0.600. The highest BCUT2D eigenvalue weighted by Crippen LogP contribution is 2.39. The molecule has 1 atom stereocenters. The molecule has 2 aromatic rings. The van der Waals surface area contributed by atoms with Crippen molar-refractivity contribution in [1.82, 2.24) is 15.0 Å².